The van der Waals surface area contributed by atoms with Gasteiger partial charge >= 0.3 is 59.1 Å². The molecule has 0 nitrogen and oxygen atoms in total. The van der Waals surface area contributed by atoms with Crippen molar-refractivity contribution in [2.45, 2.75) is 32.1 Å². The SMILES string of the molecule is C1CCCC1.[H-].[H-].[Na+].[Na+]. The Morgan fingerprint density at radius 2 is 0.714 bits per heavy atom. The van der Waals surface area contributed by atoms with Crippen LogP contribution in [0, 0.1) is 0 Å². The molecule has 0 aromatic rings. The second-order valence-electron chi connectivity index (χ2n) is 1.77. The second-order valence-corrected chi connectivity index (χ2v) is 1.77. The maximum absolute atomic E-state index is 1.50. The van der Waals surface area contributed by atoms with E-state index in [4.69, 9.17) is 0 Å². The molecule has 0 heterocycles. The quantitative estimate of drug-likeness (QED) is 0.286. The van der Waals surface area contributed by atoms with Gasteiger partial charge in [0.2, 0.25) is 0 Å². The first-order valence-corrected chi connectivity index (χ1v) is 2.50. The third-order valence-electron chi connectivity index (χ3n) is 1.25. The summed E-state index contributed by atoms with van der Waals surface area (Å²) in [6.07, 6.45) is 7.50. The van der Waals surface area contributed by atoms with Crippen molar-refractivity contribution >= 4 is 0 Å². The van der Waals surface area contributed by atoms with Crippen molar-refractivity contribution in [3.8, 4) is 0 Å². The van der Waals surface area contributed by atoms with Gasteiger partial charge in [0.1, 0.15) is 0 Å². The third-order valence-corrected chi connectivity index (χ3v) is 1.25. The van der Waals surface area contributed by atoms with Crippen LogP contribution in [0.3, 0.4) is 0 Å². The molecule has 0 spiro atoms. The van der Waals surface area contributed by atoms with Crippen LogP contribution in [0.2, 0.25) is 0 Å². The fourth-order valence-corrected chi connectivity index (χ4v) is 0.884. The van der Waals surface area contributed by atoms with Gasteiger partial charge in [-0.1, -0.05) is 32.1 Å². The Kier molecular flexibility index (Phi) is 13.4. The van der Waals surface area contributed by atoms with Gasteiger partial charge in [0.25, 0.3) is 0 Å². The van der Waals surface area contributed by atoms with Gasteiger partial charge in [0.05, 0.1) is 0 Å². The number of hydrogen-bond acceptors (Lipinski definition) is 0. The minimum absolute atomic E-state index is 0. The molecule has 0 amide bonds. The van der Waals surface area contributed by atoms with Crippen LogP contribution >= 0.6 is 0 Å². The molecule has 0 aliphatic heterocycles. The molecule has 1 aliphatic rings. The molecule has 0 aromatic heterocycles. The summed E-state index contributed by atoms with van der Waals surface area (Å²) in [6, 6.07) is 0. The van der Waals surface area contributed by atoms with Crippen LogP contribution in [0.1, 0.15) is 35.0 Å². The van der Waals surface area contributed by atoms with Crippen molar-refractivity contribution in [1.82, 2.24) is 0 Å². The summed E-state index contributed by atoms with van der Waals surface area (Å²) in [6.45, 7) is 0. The largest absolute Gasteiger partial charge is 1.00 e. The summed E-state index contributed by atoms with van der Waals surface area (Å²) in [5.74, 6) is 0. The van der Waals surface area contributed by atoms with Crippen molar-refractivity contribution in [3.63, 3.8) is 0 Å². The van der Waals surface area contributed by atoms with Gasteiger partial charge in [-0.25, -0.2) is 0 Å². The molecular weight excluding hydrogens is 106 g/mol. The zero-order valence-corrected chi connectivity index (χ0v) is 9.54. The van der Waals surface area contributed by atoms with Crippen LogP contribution in [0.25, 0.3) is 0 Å². The van der Waals surface area contributed by atoms with E-state index in [0.717, 1.165) is 0 Å². The molecule has 0 N–H and O–H groups in total. The molecule has 34 valence electrons. The predicted molar refractivity (Wildman–Crippen MR) is 25.3 cm³/mol. The molecule has 2 heteroatoms. The van der Waals surface area contributed by atoms with E-state index in [-0.39, 0.29) is 62.0 Å². The van der Waals surface area contributed by atoms with Crippen LogP contribution in [0.4, 0.5) is 0 Å². The van der Waals surface area contributed by atoms with E-state index in [1.54, 1.807) is 0 Å². The first-order valence-electron chi connectivity index (χ1n) is 2.50. The molecule has 1 rings (SSSR count). The van der Waals surface area contributed by atoms with Crippen LogP contribution in [-0.4, -0.2) is 0 Å². The number of rotatable bonds is 0. The molecule has 0 unspecified atom stereocenters. The Morgan fingerprint density at radius 3 is 0.857 bits per heavy atom. The zero-order chi connectivity index (χ0) is 3.54. The van der Waals surface area contributed by atoms with E-state index in [2.05, 4.69) is 0 Å². The van der Waals surface area contributed by atoms with Crippen molar-refractivity contribution in [2.24, 2.45) is 0 Å². The van der Waals surface area contributed by atoms with E-state index in [9.17, 15) is 0 Å². The maximum Gasteiger partial charge on any atom is 1.00 e. The minimum Gasteiger partial charge on any atom is -1.00 e. The van der Waals surface area contributed by atoms with Gasteiger partial charge in [0, 0.05) is 0 Å². The second kappa shape index (κ2) is 8.00. The topological polar surface area (TPSA) is 0 Å². The average molecular weight is 118 g/mol. The van der Waals surface area contributed by atoms with Crippen molar-refractivity contribution in [1.29, 1.82) is 0 Å². The van der Waals surface area contributed by atoms with E-state index in [1.807, 2.05) is 0 Å². The summed E-state index contributed by atoms with van der Waals surface area (Å²) in [4.78, 5) is 0. The molecule has 7 heavy (non-hydrogen) atoms. The Labute approximate surface area is 93.0 Å². The third kappa shape index (κ3) is 5.88. The molecule has 1 saturated carbocycles. The minimum atomic E-state index is 0. The van der Waals surface area contributed by atoms with Crippen LogP contribution in [-0.2, 0) is 0 Å². The summed E-state index contributed by atoms with van der Waals surface area (Å²) in [5, 5.41) is 0. The van der Waals surface area contributed by atoms with Crippen LogP contribution in [0.15, 0.2) is 0 Å². The summed E-state index contributed by atoms with van der Waals surface area (Å²) in [5.41, 5.74) is 0. The van der Waals surface area contributed by atoms with E-state index in [1.165, 1.54) is 32.1 Å². The summed E-state index contributed by atoms with van der Waals surface area (Å²) >= 11 is 0. The van der Waals surface area contributed by atoms with Gasteiger partial charge in [-0.2, -0.15) is 0 Å². The fraction of sp³-hybridized carbons (Fsp3) is 1.00. The molecule has 0 atom stereocenters. The molecule has 1 aliphatic carbocycles. The average Bonchev–Trinajstić information content (AvgIpc) is 1.76. The smallest absolute Gasteiger partial charge is 1.00 e. The Morgan fingerprint density at radius 1 is 0.571 bits per heavy atom. The molecular formula is C5H12Na2. The molecule has 0 aromatic carbocycles. The van der Waals surface area contributed by atoms with Gasteiger partial charge in [-0.05, 0) is 0 Å². The number of hydrogen-bond donors (Lipinski definition) is 0. The molecule has 1 fully saturated rings. The predicted octanol–water partition coefficient (Wildman–Crippen LogP) is -3.82. The van der Waals surface area contributed by atoms with Gasteiger partial charge in [-0.3, -0.25) is 0 Å². The van der Waals surface area contributed by atoms with Gasteiger partial charge in [-0.15, -0.1) is 0 Å². The standard InChI is InChI=1S/C5H10.2Na.2H/c1-2-4-5-3-1;;;;/h1-5H2;;;;/q;2*+1;2*-1. The van der Waals surface area contributed by atoms with E-state index >= 15 is 0 Å². The van der Waals surface area contributed by atoms with E-state index in [0.29, 0.717) is 0 Å². The van der Waals surface area contributed by atoms with Gasteiger partial charge in [0.15, 0.2) is 0 Å². The van der Waals surface area contributed by atoms with Crippen LogP contribution in [0.5, 0.6) is 0 Å². The Hall–Kier alpha value is 2.00. The maximum atomic E-state index is 1.50. The summed E-state index contributed by atoms with van der Waals surface area (Å²) < 4.78 is 0. The normalized spacial score (nSPS) is 17.1. The first kappa shape index (κ1) is 11.8. The van der Waals surface area contributed by atoms with Crippen LogP contribution < -0.4 is 59.1 Å². The Balaban J connectivity index is -0.0000000312. The van der Waals surface area contributed by atoms with Gasteiger partial charge < -0.3 is 2.85 Å². The zero-order valence-electron chi connectivity index (χ0n) is 7.54. The van der Waals surface area contributed by atoms with E-state index < -0.39 is 0 Å². The first-order chi connectivity index (χ1) is 2.50. The Bertz CT molecular complexity index is 24.5. The molecule has 0 saturated heterocycles. The van der Waals surface area contributed by atoms with Crippen molar-refractivity contribution < 1.29 is 62.0 Å². The van der Waals surface area contributed by atoms with Crippen molar-refractivity contribution in [2.75, 3.05) is 0 Å². The molecule has 0 bridgehead atoms. The molecule has 0 radical (unpaired) electrons. The van der Waals surface area contributed by atoms with Crippen molar-refractivity contribution in [3.05, 3.63) is 0 Å². The fourth-order valence-electron chi connectivity index (χ4n) is 0.884. The summed E-state index contributed by atoms with van der Waals surface area (Å²) in [7, 11) is 0. The monoisotopic (exact) mass is 118 g/mol.